The van der Waals surface area contributed by atoms with Crippen LogP contribution in [0.5, 0.6) is 5.75 Å². The number of fused-ring (bicyclic) bond motifs is 2. The van der Waals surface area contributed by atoms with E-state index in [2.05, 4.69) is 4.98 Å². The summed E-state index contributed by atoms with van der Waals surface area (Å²) in [5, 5.41) is 12.3. The third kappa shape index (κ3) is 4.62. The molecule has 1 saturated heterocycles. The number of pyridine rings is 1. The number of ether oxygens (including phenoxy) is 1. The van der Waals surface area contributed by atoms with Crippen LogP contribution in [0.25, 0.3) is 21.6 Å². The summed E-state index contributed by atoms with van der Waals surface area (Å²) in [4.78, 5) is 38.6. The minimum atomic E-state index is -0.953. The molecular formula is C35H28N4O4S. The molecule has 1 aliphatic rings. The van der Waals surface area contributed by atoms with Crippen molar-refractivity contribution in [1.82, 2.24) is 14.4 Å². The Labute approximate surface area is 257 Å². The Morgan fingerprint density at radius 3 is 2.55 bits per heavy atom. The zero-order valence-corrected chi connectivity index (χ0v) is 25.1. The van der Waals surface area contributed by atoms with Crippen molar-refractivity contribution < 1.29 is 19.4 Å². The van der Waals surface area contributed by atoms with Gasteiger partial charge in [0.15, 0.2) is 10.9 Å². The topological polar surface area (TPSA) is 97.0 Å². The lowest BCUT2D eigenvalue weighted by Gasteiger charge is -2.23. The van der Waals surface area contributed by atoms with Gasteiger partial charge in [0.2, 0.25) is 0 Å². The van der Waals surface area contributed by atoms with E-state index >= 15 is 0 Å². The number of carbonyl (C=O) groups excluding carboxylic acids is 2. The number of ketones is 1. The summed E-state index contributed by atoms with van der Waals surface area (Å²) >= 11 is 1.34. The van der Waals surface area contributed by atoms with Gasteiger partial charge in [0, 0.05) is 6.20 Å². The Hall–Kier alpha value is -5.28. The Morgan fingerprint density at radius 2 is 1.73 bits per heavy atom. The second-order valence-electron chi connectivity index (χ2n) is 10.9. The van der Waals surface area contributed by atoms with Gasteiger partial charge in [0.1, 0.15) is 23.7 Å². The molecule has 1 unspecified atom stereocenters. The van der Waals surface area contributed by atoms with Gasteiger partial charge in [-0.05, 0) is 73.4 Å². The van der Waals surface area contributed by atoms with Gasteiger partial charge in [-0.2, -0.15) is 0 Å². The molecule has 1 aliphatic heterocycles. The molecule has 7 rings (SSSR count). The van der Waals surface area contributed by atoms with E-state index in [1.54, 1.807) is 17.5 Å². The molecule has 6 aromatic rings. The minimum Gasteiger partial charge on any atom is -0.505 e. The molecule has 8 nitrogen and oxygen atoms in total. The monoisotopic (exact) mass is 600 g/mol. The number of anilines is 1. The summed E-state index contributed by atoms with van der Waals surface area (Å²) in [6.45, 7) is 6.11. The number of aliphatic hydroxyl groups is 1. The molecule has 1 amide bonds. The van der Waals surface area contributed by atoms with E-state index in [0.29, 0.717) is 40.1 Å². The molecule has 44 heavy (non-hydrogen) atoms. The molecule has 1 N–H and O–H groups in total. The van der Waals surface area contributed by atoms with Crippen molar-refractivity contribution in [1.29, 1.82) is 0 Å². The maximum Gasteiger partial charge on any atom is 0.301 e. The quantitative estimate of drug-likeness (QED) is 0.125. The third-order valence-electron chi connectivity index (χ3n) is 7.82. The van der Waals surface area contributed by atoms with E-state index in [1.165, 1.54) is 16.2 Å². The molecule has 0 spiro atoms. The van der Waals surface area contributed by atoms with Crippen molar-refractivity contribution in [3.8, 4) is 5.75 Å². The van der Waals surface area contributed by atoms with Crippen LogP contribution in [-0.2, 0) is 16.2 Å². The van der Waals surface area contributed by atoms with Crippen molar-refractivity contribution in [3.05, 3.63) is 130 Å². The minimum absolute atomic E-state index is 0.0314. The van der Waals surface area contributed by atoms with Crippen LogP contribution in [0.4, 0.5) is 5.13 Å². The number of aryl methyl sites for hydroxylation is 3. The number of aliphatic hydroxyl groups excluding tert-OH is 1. The lowest BCUT2D eigenvalue weighted by molar-refractivity contribution is -0.132. The first-order valence-electron chi connectivity index (χ1n) is 14.2. The molecular weight excluding hydrogens is 572 g/mol. The number of carbonyl (C=O) groups is 2. The Kier molecular flexibility index (Phi) is 6.74. The van der Waals surface area contributed by atoms with Crippen LogP contribution in [0.1, 0.15) is 39.7 Å². The third-order valence-corrected chi connectivity index (χ3v) is 8.82. The van der Waals surface area contributed by atoms with Crippen LogP contribution >= 0.6 is 11.3 Å². The Balaban J connectivity index is 1.41. The highest BCUT2D eigenvalue weighted by molar-refractivity contribution is 7.22. The van der Waals surface area contributed by atoms with Gasteiger partial charge < -0.3 is 9.84 Å². The van der Waals surface area contributed by atoms with Crippen molar-refractivity contribution in [2.45, 2.75) is 33.4 Å². The van der Waals surface area contributed by atoms with Gasteiger partial charge in [-0.1, -0.05) is 65.9 Å². The van der Waals surface area contributed by atoms with Crippen molar-refractivity contribution in [2.75, 3.05) is 4.90 Å². The van der Waals surface area contributed by atoms with Crippen molar-refractivity contribution in [2.24, 2.45) is 0 Å². The Morgan fingerprint density at radius 1 is 0.932 bits per heavy atom. The number of hydrogen-bond acceptors (Lipinski definition) is 7. The molecule has 0 saturated carbocycles. The van der Waals surface area contributed by atoms with Crippen LogP contribution < -0.4 is 9.64 Å². The highest BCUT2D eigenvalue weighted by Gasteiger charge is 2.48. The number of aromatic nitrogens is 3. The first kappa shape index (κ1) is 27.5. The van der Waals surface area contributed by atoms with Crippen LogP contribution in [0, 0.1) is 20.8 Å². The van der Waals surface area contributed by atoms with Gasteiger partial charge in [-0.3, -0.25) is 18.9 Å². The number of nitrogens with zero attached hydrogens (tertiary/aromatic N) is 4. The smallest absolute Gasteiger partial charge is 0.301 e. The molecule has 218 valence electrons. The lowest BCUT2D eigenvalue weighted by atomic mass is 9.96. The van der Waals surface area contributed by atoms with E-state index < -0.39 is 17.7 Å². The average Bonchev–Trinajstić information content (AvgIpc) is 3.67. The van der Waals surface area contributed by atoms with Gasteiger partial charge in [0.25, 0.3) is 5.78 Å². The number of rotatable bonds is 6. The summed E-state index contributed by atoms with van der Waals surface area (Å²) in [5.41, 5.74) is 5.92. The fourth-order valence-electron chi connectivity index (χ4n) is 5.85. The second-order valence-corrected chi connectivity index (χ2v) is 11.9. The highest BCUT2D eigenvalue weighted by atomic mass is 32.1. The molecule has 3 aromatic carbocycles. The zero-order valence-electron chi connectivity index (χ0n) is 24.3. The van der Waals surface area contributed by atoms with E-state index in [9.17, 15) is 14.7 Å². The number of thiazole rings is 1. The van der Waals surface area contributed by atoms with Crippen LogP contribution in [0.3, 0.4) is 0 Å². The van der Waals surface area contributed by atoms with E-state index in [-0.39, 0.29) is 11.3 Å². The predicted molar refractivity (Wildman–Crippen MR) is 171 cm³/mol. The summed E-state index contributed by atoms with van der Waals surface area (Å²) in [6, 6.07) is 25.7. The number of imidazole rings is 1. The Bertz CT molecular complexity index is 2130. The zero-order chi connectivity index (χ0) is 30.5. The van der Waals surface area contributed by atoms with E-state index in [1.807, 2.05) is 98.8 Å². The van der Waals surface area contributed by atoms with Crippen LogP contribution in [-0.4, -0.2) is 31.2 Å². The number of amides is 1. The number of benzene rings is 3. The second kappa shape index (κ2) is 10.8. The fraction of sp³-hybridized carbons (Fsp3) is 0.143. The molecule has 0 radical (unpaired) electrons. The molecule has 0 bridgehead atoms. The van der Waals surface area contributed by atoms with Gasteiger partial charge in [0.05, 0.1) is 27.5 Å². The summed E-state index contributed by atoms with van der Waals surface area (Å²) in [7, 11) is 0. The average molecular weight is 601 g/mol. The van der Waals surface area contributed by atoms with Gasteiger partial charge in [-0.15, -0.1) is 0 Å². The molecule has 9 heteroatoms. The lowest BCUT2D eigenvalue weighted by Crippen LogP contribution is -2.29. The SMILES string of the molecule is Cc1cc(C)c2nc(N3C(=O)C(=O)/C(=C(/O)c4c(C)nc5ccccn45)C3c3cccc(OCc4ccccc4)c3)sc2c1. The predicted octanol–water partition coefficient (Wildman–Crippen LogP) is 7.07. The molecule has 1 fully saturated rings. The number of Topliss-reactive ketones (excluding diaryl/α,β-unsaturated/α-hetero) is 1. The summed E-state index contributed by atoms with van der Waals surface area (Å²) < 4.78 is 8.75. The summed E-state index contributed by atoms with van der Waals surface area (Å²) in [6.07, 6.45) is 1.77. The van der Waals surface area contributed by atoms with Crippen molar-refractivity contribution in [3.63, 3.8) is 0 Å². The van der Waals surface area contributed by atoms with Crippen LogP contribution in [0.2, 0.25) is 0 Å². The molecule has 1 atom stereocenters. The maximum absolute atomic E-state index is 13.9. The summed E-state index contributed by atoms with van der Waals surface area (Å²) in [5.74, 6) is -1.28. The molecule has 3 aromatic heterocycles. The van der Waals surface area contributed by atoms with Gasteiger partial charge >= 0.3 is 5.91 Å². The highest BCUT2D eigenvalue weighted by Crippen LogP contribution is 2.45. The molecule has 4 heterocycles. The maximum atomic E-state index is 13.9. The van der Waals surface area contributed by atoms with E-state index in [0.717, 1.165) is 26.9 Å². The van der Waals surface area contributed by atoms with Crippen LogP contribution in [0.15, 0.2) is 96.7 Å². The van der Waals surface area contributed by atoms with Gasteiger partial charge in [-0.25, -0.2) is 9.97 Å². The first-order valence-corrected chi connectivity index (χ1v) is 15.0. The standard InChI is InChI=1S/C35H28N4O4S/c1-20-16-21(2)29-26(17-20)44-35(37-29)39-31(24-12-9-13-25(18-24)43-19-23-10-5-4-6-11-23)28(33(41)34(39)42)32(40)30-22(3)36-27-14-7-8-15-38(27)30/h4-18,31,40H,19H2,1-3H3/b32-28+. The largest absolute Gasteiger partial charge is 0.505 e. The normalized spacial score (nSPS) is 16.3. The molecule has 0 aliphatic carbocycles. The van der Waals surface area contributed by atoms with Crippen molar-refractivity contribution >= 4 is 49.8 Å². The number of hydrogen-bond donors (Lipinski definition) is 1. The van der Waals surface area contributed by atoms with E-state index in [4.69, 9.17) is 9.72 Å². The first-order chi connectivity index (χ1) is 21.3. The fourth-order valence-corrected chi connectivity index (χ4v) is 7.02.